The van der Waals surface area contributed by atoms with Crippen LogP contribution in [0.15, 0.2) is 12.7 Å². The van der Waals surface area contributed by atoms with Gasteiger partial charge in [0.05, 0.1) is 18.3 Å². The van der Waals surface area contributed by atoms with Crippen LogP contribution in [0.3, 0.4) is 0 Å². The highest BCUT2D eigenvalue weighted by Gasteiger charge is 2.67. The molecule has 0 saturated heterocycles. The second-order valence-electron chi connectivity index (χ2n) is 9.49. The molecule has 0 heterocycles. The van der Waals surface area contributed by atoms with Gasteiger partial charge in [0.2, 0.25) is 0 Å². The highest BCUT2D eigenvalue weighted by Crippen LogP contribution is 2.68. The van der Waals surface area contributed by atoms with Gasteiger partial charge in [-0.1, -0.05) is 33.8 Å². The molecule has 0 aromatic rings. The molecule has 24 heavy (non-hydrogen) atoms. The van der Waals surface area contributed by atoms with E-state index >= 15 is 0 Å². The highest BCUT2D eigenvalue weighted by molar-refractivity contribution is 5.17. The number of methoxy groups -OCH3 is 1. The predicted octanol–water partition coefficient (Wildman–Crippen LogP) is 3.79. The number of aliphatic hydroxyl groups is 2. The molecule has 9 atom stereocenters. The summed E-state index contributed by atoms with van der Waals surface area (Å²) in [5, 5.41) is 22.6. The molecule has 0 aromatic carbocycles. The fraction of sp³-hybridized carbons (Fsp3) is 0.905. The van der Waals surface area contributed by atoms with Crippen LogP contribution in [0.25, 0.3) is 0 Å². The fourth-order valence-corrected chi connectivity index (χ4v) is 6.88. The average Bonchev–Trinajstić information content (AvgIpc) is 2.96. The average molecular weight is 337 g/mol. The van der Waals surface area contributed by atoms with Gasteiger partial charge in [-0.05, 0) is 55.3 Å². The first-order valence-corrected chi connectivity index (χ1v) is 9.70. The Bertz CT molecular complexity index is 505. The number of hydrogen-bond acceptors (Lipinski definition) is 3. The highest BCUT2D eigenvalue weighted by atomic mass is 16.5. The standard InChI is InChI=1S/C21H36O3/c1-7-19(4)12-16(22)20(5)13(2)8-10-21(14(3)18(19)23)11-9-15(24-6)17(20)21/h7,13-18,22-23H,1,8-12H2,2-6H3/t13-,14+,15-,16-,17-,18-,19-,20+,21+/m1/s1. The van der Waals surface area contributed by atoms with Crippen molar-refractivity contribution in [3.8, 4) is 0 Å². The van der Waals surface area contributed by atoms with E-state index in [1.807, 2.05) is 13.2 Å². The van der Waals surface area contributed by atoms with E-state index in [0.29, 0.717) is 18.3 Å². The van der Waals surface area contributed by atoms with E-state index in [0.717, 1.165) is 25.7 Å². The number of hydrogen-bond donors (Lipinski definition) is 2. The molecule has 138 valence electrons. The van der Waals surface area contributed by atoms with Crippen molar-refractivity contribution >= 4 is 0 Å². The molecule has 3 fully saturated rings. The Labute approximate surface area is 147 Å². The summed E-state index contributed by atoms with van der Waals surface area (Å²) in [6.07, 6.45) is 6.12. The summed E-state index contributed by atoms with van der Waals surface area (Å²) in [7, 11) is 1.81. The van der Waals surface area contributed by atoms with Crippen LogP contribution in [0.2, 0.25) is 0 Å². The Kier molecular flexibility index (Phi) is 4.47. The van der Waals surface area contributed by atoms with E-state index < -0.39 is 17.6 Å². The Morgan fingerprint density at radius 1 is 1.12 bits per heavy atom. The van der Waals surface area contributed by atoms with Crippen LogP contribution in [0.1, 0.15) is 59.8 Å². The number of ether oxygens (including phenoxy) is 1. The zero-order valence-corrected chi connectivity index (χ0v) is 16.1. The largest absolute Gasteiger partial charge is 0.393 e. The lowest BCUT2D eigenvalue weighted by Crippen LogP contribution is -2.63. The van der Waals surface area contributed by atoms with Crippen molar-refractivity contribution in [2.45, 2.75) is 78.1 Å². The molecule has 2 N–H and O–H groups in total. The minimum atomic E-state index is -0.472. The summed E-state index contributed by atoms with van der Waals surface area (Å²) in [4.78, 5) is 0. The SMILES string of the molecule is C=C[C@]1(C)C[C@@H](O)[C@]2(C)[C@H](C)CC[C@]3(CC[C@@H](OC)[C@@H]32)[C@@H](C)[C@H]1O. The van der Waals surface area contributed by atoms with Gasteiger partial charge in [-0.15, -0.1) is 6.58 Å². The van der Waals surface area contributed by atoms with Gasteiger partial charge in [0, 0.05) is 17.9 Å². The minimum absolute atomic E-state index is 0.0625. The third-order valence-electron chi connectivity index (χ3n) is 8.84. The Balaban J connectivity index is 2.19. The molecule has 3 rings (SSSR count). The lowest BCUT2D eigenvalue weighted by atomic mass is 9.43. The zero-order valence-electron chi connectivity index (χ0n) is 16.1. The third-order valence-corrected chi connectivity index (χ3v) is 8.84. The van der Waals surface area contributed by atoms with Crippen LogP contribution < -0.4 is 0 Å². The molecule has 0 radical (unpaired) electrons. The van der Waals surface area contributed by atoms with Gasteiger partial charge in [-0.3, -0.25) is 0 Å². The van der Waals surface area contributed by atoms with Crippen LogP contribution in [0.5, 0.6) is 0 Å². The van der Waals surface area contributed by atoms with Crippen molar-refractivity contribution in [3.05, 3.63) is 12.7 Å². The van der Waals surface area contributed by atoms with Crippen molar-refractivity contribution in [3.63, 3.8) is 0 Å². The minimum Gasteiger partial charge on any atom is -0.393 e. The summed E-state index contributed by atoms with van der Waals surface area (Å²) in [5.74, 6) is 0.954. The zero-order chi connectivity index (χ0) is 17.9. The second-order valence-corrected chi connectivity index (χ2v) is 9.49. The van der Waals surface area contributed by atoms with Crippen molar-refractivity contribution < 1.29 is 14.9 Å². The second kappa shape index (κ2) is 5.82. The van der Waals surface area contributed by atoms with Gasteiger partial charge >= 0.3 is 0 Å². The first-order valence-electron chi connectivity index (χ1n) is 9.70. The summed E-state index contributed by atoms with van der Waals surface area (Å²) in [6.45, 7) is 12.9. The van der Waals surface area contributed by atoms with Crippen LogP contribution in [-0.2, 0) is 4.74 Å². The van der Waals surface area contributed by atoms with Crippen LogP contribution in [0, 0.1) is 34.0 Å². The molecular formula is C21H36O3. The Hall–Kier alpha value is -0.380. The van der Waals surface area contributed by atoms with E-state index in [1.165, 1.54) is 0 Å². The first kappa shape index (κ1) is 18.4. The quantitative estimate of drug-likeness (QED) is 0.754. The van der Waals surface area contributed by atoms with Crippen molar-refractivity contribution in [2.24, 2.45) is 34.0 Å². The van der Waals surface area contributed by atoms with Gasteiger partial charge in [-0.25, -0.2) is 0 Å². The normalized spacial score (nSPS) is 57.8. The molecule has 0 spiro atoms. The molecule has 0 amide bonds. The molecule has 3 aliphatic rings. The summed E-state index contributed by atoms with van der Waals surface area (Å²) >= 11 is 0. The van der Waals surface area contributed by atoms with Gasteiger partial charge in [0.15, 0.2) is 0 Å². The summed E-state index contributed by atoms with van der Waals surface area (Å²) in [5.41, 5.74) is -0.554. The van der Waals surface area contributed by atoms with Crippen LogP contribution in [0.4, 0.5) is 0 Å². The molecular weight excluding hydrogens is 300 g/mol. The maximum Gasteiger partial charge on any atom is 0.0659 e. The molecule has 0 aromatic heterocycles. The van der Waals surface area contributed by atoms with Crippen LogP contribution in [-0.4, -0.2) is 35.6 Å². The molecule has 3 heteroatoms. The van der Waals surface area contributed by atoms with Gasteiger partial charge in [0.25, 0.3) is 0 Å². The van der Waals surface area contributed by atoms with Gasteiger partial charge in [0.1, 0.15) is 0 Å². The Morgan fingerprint density at radius 3 is 2.33 bits per heavy atom. The molecule has 3 nitrogen and oxygen atoms in total. The first-order chi connectivity index (χ1) is 11.2. The predicted molar refractivity (Wildman–Crippen MR) is 96.6 cm³/mol. The van der Waals surface area contributed by atoms with Crippen LogP contribution >= 0.6 is 0 Å². The van der Waals surface area contributed by atoms with E-state index in [9.17, 15) is 10.2 Å². The molecule has 3 saturated carbocycles. The maximum atomic E-state index is 11.4. The summed E-state index contributed by atoms with van der Waals surface area (Å²) < 4.78 is 5.92. The monoisotopic (exact) mass is 336 g/mol. The number of aliphatic hydroxyl groups excluding tert-OH is 2. The molecule has 0 aliphatic heterocycles. The van der Waals surface area contributed by atoms with E-state index in [1.54, 1.807) is 0 Å². The number of rotatable bonds is 2. The lowest BCUT2D eigenvalue weighted by Gasteiger charge is -2.63. The smallest absolute Gasteiger partial charge is 0.0659 e. The molecule has 2 bridgehead atoms. The summed E-state index contributed by atoms with van der Waals surface area (Å²) in [6, 6.07) is 0. The third kappa shape index (κ3) is 2.13. The Morgan fingerprint density at radius 2 is 1.75 bits per heavy atom. The van der Waals surface area contributed by atoms with E-state index in [4.69, 9.17) is 4.74 Å². The fourth-order valence-electron chi connectivity index (χ4n) is 6.88. The van der Waals surface area contributed by atoms with Crippen molar-refractivity contribution in [2.75, 3.05) is 7.11 Å². The molecule has 3 aliphatic carbocycles. The van der Waals surface area contributed by atoms with Crippen molar-refractivity contribution in [1.29, 1.82) is 0 Å². The van der Waals surface area contributed by atoms with Crippen molar-refractivity contribution in [1.82, 2.24) is 0 Å². The molecule has 0 unspecified atom stereocenters. The maximum absolute atomic E-state index is 11.4. The topological polar surface area (TPSA) is 49.7 Å². The lowest BCUT2D eigenvalue weighted by molar-refractivity contribution is -0.209. The van der Waals surface area contributed by atoms with E-state index in [-0.39, 0.29) is 22.9 Å². The van der Waals surface area contributed by atoms with Gasteiger partial charge < -0.3 is 14.9 Å². The van der Waals surface area contributed by atoms with E-state index in [2.05, 4.69) is 34.3 Å². The van der Waals surface area contributed by atoms with Gasteiger partial charge in [-0.2, -0.15) is 0 Å².